The van der Waals surface area contributed by atoms with Crippen molar-refractivity contribution in [3.8, 4) is 0 Å². The average Bonchev–Trinajstić information content (AvgIpc) is 2.74. The molecule has 0 bridgehead atoms. The molecular weight excluding hydrogens is 224 g/mol. The number of hydrogen-bond donors (Lipinski definition) is 0. The first-order valence-corrected chi connectivity index (χ1v) is 5.48. The van der Waals surface area contributed by atoms with Crippen LogP contribution in [0.15, 0.2) is 6.20 Å². The Hall–Kier alpha value is -0.710. The van der Waals surface area contributed by atoms with Crippen molar-refractivity contribution in [3.63, 3.8) is 0 Å². The Morgan fingerprint density at radius 1 is 1.60 bits per heavy atom. The standard InChI is InChI=1S/C9H12ClF2N3/c10-4-8-5-13-14-15(8)6-7-2-1-3-9(7,11)12/h5,7H,1-4,6H2. The molecule has 1 heterocycles. The van der Waals surface area contributed by atoms with Gasteiger partial charge in [0.1, 0.15) is 0 Å². The Bertz CT molecular complexity index is 340. The van der Waals surface area contributed by atoms with Crippen LogP contribution < -0.4 is 0 Å². The van der Waals surface area contributed by atoms with Crippen molar-refractivity contribution < 1.29 is 8.78 Å². The minimum Gasteiger partial charge on any atom is -0.248 e. The van der Waals surface area contributed by atoms with Crippen LogP contribution in [0.25, 0.3) is 0 Å². The normalized spacial score (nSPS) is 24.6. The van der Waals surface area contributed by atoms with Gasteiger partial charge in [0, 0.05) is 12.3 Å². The van der Waals surface area contributed by atoms with Crippen LogP contribution in [0.2, 0.25) is 0 Å². The van der Waals surface area contributed by atoms with Crippen LogP contribution in [0.5, 0.6) is 0 Å². The van der Waals surface area contributed by atoms with Crippen LogP contribution >= 0.6 is 11.6 Å². The van der Waals surface area contributed by atoms with Crippen LogP contribution in [0.3, 0.4) is 0 Å². The number of hydrogen-bond acceptors (Lipinski definition) is 2. The van der Waals surface area contributed by atoms with Crippen molar-refractivity contribution in [2.24, 2.45) is 5.92 Å². The van der Waals surface area contributed by atoms with Gasteiger partial charge in [-0.05, 0) is 12.8 Å². The van der Waals surface area contributed by atoms with Gasteiger partial charge in [0.25, 0.3) is 5.92 Å². The highest BCUT2D eigenvalue weighted by Crippen LogP contribution is 2.41. The second-order valence-electron chi connectivity index (χ2n) is 3.89. The van der Waals surface area contributed by atoms with Gasteiger partial charge in [-0.1, -0.05) is 5.21 Å². The van der Waals surface area contributed by atoms with Gasteiger partial charge in [-0.15, -0.1) is 16.7 Å². The smallest absolute Gasteiger partial charge is 0.248 e. The monoisotopic (exact) mass is 235 g/mol. The van der Waals surface area contributed by atoms with Crippen LogP contribution in [0.4, 0.5) is 8.78 Å². The molecule has 2 rings (SSSR count). The second-order valence-corrected chi connectivity index (χ2v) is 4.16. The van der Waals surface area contributed by atoms with E-state index < -0.39 is 11.8 Å². The van der Waals surface area contributed by atoms with Crippen molar-refractivity contribution in [1.29, 1.82) is 0 Å². The molecule has 1 aromatic heterocycles. The molecule has 1 aromatic rings. The predicted octanol–water partition coefficient (Wildman–Crippen LogP) is 2.45. The van der Waals surface area contributed by atoms with E-state index in [1.807, 2.05) is 0 Å². The fourth-order valence-electron chi connectivity index (χ4n) is 1.97. The van der Waals surface area contributed by atoms with Crippen molar-refractivity contribution in [2.75, 3.05) is 0 Å². The molecule has 0 amide bonds. The Morgan fingerprint density at radius 2 is 2.40 bits per heavy atom. The molecular formula is C9H12ClF2N3. The van der Waals surface area contributed by atoms with Gasteiger partial charge in [0.2, 0.25) is 0 Å². The lowest BCUT2D eigenvalue weighted by molar-refractivity contribution is -0.0436. The van der Waals surface area contributed by atoms with Crippen LogP contribution in [-0.2, 0) is 12.4 Å². The lowest BCUT2D eigenvalue weighted by Crippen LogP contribution is -2.27. The third-order valence-electron chi connectivity index (χ3n) is 2.89. The number of halogens is 3. The topological polar surface area (TPSA) is 30.7 Å². The van der Waals surface area contributed by atoms with E-state index in [-0.39, 0.29) is 18.8 Å². The van der Waals surface area contributed by atoms with E-state index in [2.05, 4.69) is 10.3 Å². The van der Waals surface area contributed by atoms with Gasteiger partial charge in [-0.25, -0.2) is 13.5 Å². The van der Waals surface area contributed by atoms with Crippen LogP contribution in [0.1, 0.15) is 25.0 Å². The molecule has 3 nitrogen and oxygen atoms in total. The largest absolute Gasteiger partial charge is 0.252 e. The molecule has 0 N–H and O–H groups in total. The molecule has 0 aliphatic heterocycles. The molecule has 1 aliphatic carbocycles. The first-order valence-electron chi connectivity index (χ1n) is 4.94. The van der Waals surface area contributed by atoms with Gasteiger partial charge in [0.05, 0.1) is 24.3 Å². The molecule has 1 atom stereocenters. The maximum Gasteiger partial charge on any atom is 0.252 e. The summed E-state index contributed by atoms with van der Waals surface area (Å²) in [6.07, 6.45) is 2.64. The van der Waals surface area contributed by atoms with E-state index in [4.69, 9.17) is 11.6 Å². The number of aromatic nitrogens is 3. The minimum atomic E-state index is -2.56. The Morgan fingerprint density at radius 3 is 3.00 bits per heavy atom. The highest BCUT2D eigenvalue weighted by atomic mass is 35.5. The molecule has 1 fully saturated rings. The summed E-state index contributed by atoms with van der Waals surface area (Å²) < 4.78 is 28.2. The van der Waals surface area contributed by atoms with Crippen LogP contribution in [0, 0.1) is 5.92 Å². The molecule has 1 saturated carbocycles. The Labute approximate surface area is 91.4 Å². The molecule has 6 heteroatoms. The van der Waals surface area contributed by atoms with Gasteiger partial charge in [-0.2, -0.15) is 0 Å². The lowest BCUT2D eigenvalue weighted by Gasteiger charge is -2.19. The fourth-order valence-corrected chi connectivity index (χ4v) is 2.18. The van der Waals surface area contributed by atoms with Crippen molar-refractivity contribution in [1.82, 2.24) is 15.0 Å². The summed E-state index contributed by atoms with van der Waals surface area (Å²) >= 11 is 5.64. The van der Waals surface area contributed by atoms with Crippen molar-refractivity contribution in [2.45, 2.75) is 37.6 Å². The summed E-state index contributed by atoms with van der Waals surface area (Å²) in [5, 5.41) is 7.43. The molecule has 84 valence electrons. The molecule has 0 saturated heterocycles. The second kappa shape index (κ2) is 4.04. The lowest BCUT2D eigenvalue weighted by atomic mass is 10.1. The number of rotatable bonds is 3. The number of alkyl halides is 3. The summed E-state index contributed by atoms with van der Waals surface area (Å²) in [6, 6.07) is 0. The first-order chi connectivity index (χ1) is 7.13. The Kier molecular flexibility index (Phi) is 2.91. The van der Waals surface area contributed by atoms with E-state index in [0.717, 1.165) is 0 Å². The molecule has 1 unspecified atom stereocenters. The highest BCUT2D eigenvalue weighted by Gasteiger charge is 2.44. The van der Waals surface area contributed by atoms with Crippen molar-refractivity contribution in [3.05, 3.63) is 11.9 Å². The summed E-state index contributed by atoms with van der Waals surface area (Å²) in [5.74, 6) is -2.93. The van der Waals surface area contributed by atoms with E-state index in [1.54, 1.807) is 0 Å². The zero-order valence-corrected chi connectivity index (χ0v) is 8.92. The van der Waals surface area contributed by atoms with E-state index in [1.165, 1.54) is 10.9 Å². The third kappa shape index (κ3) is 2.12. The van der Waals surface area contributed by atoms with Gasteiger partial charge in [-0.3, -0.25) is 0 Å². The number of nitrogens with zero attached hydrogens (tertiary/aromatic N) is 3. The SMILES string of the molecule is FC1(F)CCCC1Cn1nncc1CCl. The summed E-state index contributed by atoms with van der Waals surface area (Å²) in [4.78, 5) is 0. The van der Waals surface area contributed by atoms with Gasteiger partial charge >= 0.3 is 0 Å². The average molecular weight is 236 g/mol. The first kappa shape index (κ1) is 10.8. The predicted molar refractivity (Wildman–Crippen MR) is 51.9 cm³/mol. The quantitative estimate of drug-likeness (QED) is 0.754. The zero-order chi connectivity index (χ0) is 10.9. The van der Waals surface area contributed by atoms with Crippen molar-refractivity contribution >= 4 is 11.6 Å². The van der Waals surface area contributed by atoms with Gasteiger partial charge in [0.15, 0.2) is 0 Å². The molecule has 15 heavy (non-hydrogen) atoms. The maximum atomic E-state index is 13.3. The van der Waals surface area contributed by atoms with E-state index >= 15 is 0 Å². The molecule has 0 aromatic carbocycles. The Balaban J connectivity index is 2.08. The molecule has 0 spiro atoms. The van der Waals surface area contributed by atoms with Crippen LogP contribution in [-0.4, -0.2) is 20.9 Å². The third-order valence-corrected chi connectivity index (χ3v) is 3.16. The fraction of sp³-hybridized carbons (Fsp3) is 0.778. The summed E-state index contributed by atoms with van der Waals surface area (Å²) in [5.41, 5.74) is 0.694. The summed E-state index contributed by atoms with van der Waals surface area (Å²) in [7, 11) is 0. The summed E-state index contributed by atoms with van der Waals surface area (Å²) in [6.45, 7) is 0.217. The molecule has 0 radical (unpaired) electrons. The van der Waals surface area contributed by atoms with Gasteiger partial charge < -0.3 is 0 Å². The zero-order valence-electron chi connectivity index (χ0n) is 8.17. The minimum absolute atomic E-state index is 0.0113. The maximum absolute atomic E-state index is 13.3. The van der Waals surface area contributed by atoms with E-state index in [9.17, 15) is 8.78 Å². The van der Waals surface area contributed by atoms with E-state index in [0.29, 0.717) is 18.5 Å². The highest BCUT2D eigenvalue weighted by molar-refractivity contribution is 6.16. The molecule has 1 aliphatic rings.